The van der Waals surface area contributed by atoms with Gasteiger partial charge in [-0.15, -0.1) is 0 Å². The predicted molar refractivity (Wildman–Crippen MR) is 121 cm³/mol. The van der Waals surface area contributed by atoms with Gasteiger partial charge in [0.1, 0.15) is 6.10 Å². The summed E-state index contributed by atoms with van der Waals surface area (Å²) in [5.74, 6) is 0.760. The van der Waals surface area contributed by atoms with Gasteiger partial charge in [-0.2, -0.15) is 0 Å². The van der Waals surface area contributed by atoms with E-state index < -0.39 is 0 Å². The van der Waals surface area contributed by atoms with Gasteiger partial charge in [-0.25, -0.2) is 4.98 Å². The van der Waals surface area contributed by atoms with Gasteiger partial charge in [-0.3, -0.25) is 4.90 Å². The maximum Gasteiger partial charge on any atom is 0.219 e. The lowest BCUT2D eigenvalue weighted by Gasteiger charge is -2.24. The maximum absolute atomic E-state index is 6.52. The lowest BCUT2D eigenvalue weighted by Crippen LogP contribution is -2.27. The second-order valence-electron chi connectivity index (χ2n) is 8.01. The molecule has 1 atom stereocenters. The average Bonchev–Trinajstić information content (AvgIpc) is 2.97. The Bertz CT molecular complexity index is 1140. The molecule has 30 heavy (non-hydrogen) atoms. The zero-order chi connectivity index (χ0) is 20.3. The van der Waals surface area contributed by atoms with Crippen molar-refractivity contribution in [1.82, 2.24) is 9.88 Å². The molecule has 0 aliphatic carbocycles. The summed E-state index contributed by atoms with van der Waals surface area (Å²) in [7, 11) is 0. The van der Waals surface area contributed by atoms with Crippen LogP contribution in [0.15, 0.2) is 84.9 Å². The Morgan fingerprint density at radius 2 is 1.67 bits per heavy atom. The van der Waals surface area contributed by atoms with Crippen LogP contribution in [0.25, 0.3) is 10.9 Å². The van der Waals surface area contributed by atoms with Crippen molar-refractivity contribution in [2.75, 3.05) is 6.54 Å². The standard InChI is InChI=1S/C27H26N2O/c1-2-20-13-14-25-23(15-20)16-24-18-29(17-21-9-5-3-6-10-21)19-26(30-27(24)28-25)22-11-7-4-8-12-22/h3-16,26H,2,17-19H2,1H3. The van der Waals surface area contributed by atoms with E-state index in [1.807, 2.05) is 6.07 Å². The normalized spacial score (nSPS) is 16.6. The molecule has 3 heteroatoms. The molecule has 0 saturated carbocycles. The predicted octanol–water partition coefficient (Wildman–Crippen LogP) is 5.93. The van der Waals surface area contributed by atoms with E-state index in [-0.39, 0.29) is 6.10 Å². The first-order valence-electron chi connectivity index (χ1n) is 10.7. The van der Waals surface area contributed by atoms with E-state index in [1.165, 1.54) is 22.1 Å². The molecule has 0 saturated heterocycles. The Morgan fingerprint density at radius 3 is 2.43 bits per heavy atom. The van der Waals surface area contributed by atoms with Crippen LogP contribution in [-0.4, -0.2) is 16.4 Å². The number of rotatable bonds is 4. The van der Waals surface area contributed by atoms with Crippen molar-refractivity contribution < 1.29 is 4.74 Å². The van der Waals surface area contributed by atoms with Gasteiger partial charge < -0.3 is 4.74 Å². The molecule has 5 rings (SSSR count). The van der Waals surface area contributed by atoms with E-state index in [0.29, 0.717) is 0 Å². The Morgan fingerprint density at radius 1 is 0.900 bits per heavy atom. The number of nitrogens with zero attached hydrogens (tertiary/aromatic N) is 2. The van der Waals surface area contributed by atoms with Gasteiger partial charge in [0.2, 0.25) is 5.88 Å². The molecule has 0 fully saturated rings. The molecule has 0 bridgehead atoms. The maximum atomic E-state index is 6.52. The largest absolute Gasteiger partial charge is 0.468 e. The summed E-state index contributed by atoms with van der Waals surface area (Å²) in [6.07, 6.45) is 0.982. The van der Waals surface area contributed by atoms with Crippen molar-refractivity contribution in [3.8, 4) is 5.88 Å². The lowest BCUT2D eigenvalue weighted by atomic mass is 10.1. The molecule has 0 radical (unpaired) electrons. The lowest BCUT2D eigenvalue weighted by molar-refractivity contribution is 0.140. The second-order valence-corrected chi connectivity index (χ2v) is 8.01. The highest BCUT2D eigenvalue weighted by molar-refractivity contribution is 5.81. The highest BCUT2D eigenvalue weighted by Crippen LogP contribution is 2.33. The number of hydrogen-bond donors (Lipinski definition) is 0. The summed E-state index contributed by atoms with van der Waals surface area (Å²) in [5.41, 5.74) is 5.99. The van der Waals surface area contributed by atoms with Crippen LogP contribution in [0.4, 0.5) is 0 Å². The Balaban J connectivity index is 1.55. The molecule has 1 aliphatic rings. The molecule has 3 aromatic carbocycles. The number of pyridine rings is 1. The van der Waals surface area contributed by atoms with Gasteiger partial charge in [-0.05, 0) is 41.3 Å². The van der Waals surface area contributed by atoms with Crippen molar-refractivity contribution >= 4 is 10.9 Å². The van der Waals surface area contributed by atoms with Crippen LogP contribution < -0.4 is 4.74 Å². The fourth-order valence-electron chi connectivity index (χ4n) is 4.20. The van der Waals surface area contributed by atoms with E-state index in [0.717, 1.165) is 43.0 Å². The number of benzene rings is 3. The van der Waals surface area contributed by atoms with E-state index >= 15 is 0 Å². The van der Waals surface area contributed by atoms with Crippen LogP contribution in [0.3, 0.4) is 0 Å². The minimum atomic E-state index is -0.0453. The monoisotopic (exact) mass is 394 g/mol. The number of ether oxygens (including phenoxy) is 1. The zero-order valence-electron chi connectivity index (χ0n) is 17.3. The van der Waals surface area contributed by atoms with Crippen molar-refractivity contribution in [1.29, 1.82) is 0 Å². The number of aromatic nitrogens is 1. The van der Waals surface area contributed by atoms with E-state index in [2.05, 4.69) is 90.7 Å². The molecule has 0 amide bonds. The van der Waals surface area contributed by atoms with Gasteiger partial charge in [-0.1, -0.05) is 73.7 Å². The third-order valence-electron chi connectivity index (χ3n) is 5.82. The van der Waals surface area contributed by atoms with Gasteiger partial charge in [0.05, 0.1) is 5.52 Å². The third kappa shape index (κ3) is 3.94. The van der Waals surface area contributed by atoms with Crippen LogP contribution in [0.2, 0.25) is 0 Å². The molecular formula is C27H26N2O. The summed E-state index contributed by atoms with van der Waals surface area (Å²) in [6.45, 7) is 4.73. The van der Waals surface area contributed by atoms with Gasteiger partial charge in [0, 0.05) is 30.6 Å². The smallest absolute Gasteiger partial charge is 0.219 e. The molecule has 150 valence electrons. The molecular weight excluding hydrogens is 368 g/mol. The molecule has 4 aromatic rings. The fourth-order valence-corrected chi connectivity index (χ4v) is 4.20. The third-order valence-corrected chi connectivity index (χ3v) is 5.82. The number of fused-ring (bicyclic) bond motifs is 2. The molecule has 3 nitrogen and oxygen atoms in total. The first kappa shape index (κ1) is 18.8. The highest BCUT2D eigenvalue weighted by Gasteiger charge is 2.25. The van der Waals surface area contributed by atoms with Crippen LogP contribution >= 0.6 is 0 Å². The summed E-state index contributed by atoms with van der Waals surface area (Å²) in [6, 6.07) is 29.9. The first-order chi connectivity index (χ1) is 14.8. The van der Waals surface area contributed by atoms with Crippen molar-refractivity contribution in [2.24, 2.45) is 0 Å². The molecule has 0 spiro atoms. The Labute approximate surface area is 178 Å². The van der Waals surface area contributed by atoms with E-state index in [1.54, 1.807) is 0 Å². The highest BCUT2D eigenvalue weighted by atomic mass is 16.5. The Hall–Kier alpha value is -3.17. The van der Waals surface area contributed by atoms with E-state index in [9.17, 15) is 0 Å². The zero-order valence-corrected chi connectivity index (χ0v) is 17.3. The Kier molecular flexibility index (Phi) is 5.20. The van der Waals surface area contributed by atoms with Crippen LogP contribution in [0.1, 0.15) is 35.3 Å². The summed E-state index contributed by atoms with van der Waals surface area (Å²) in [5, 5.41) is 1.19. The van der Waals surface area contributed by atoms with Crippen molar-refractivity contribution in [2.45, 2.75) is 32.5 Å². The number of aryl methyl sites for hydroxylation is 1. The summed E-state index contributed by atoms with van der Waals surface area (Å²) < 4.78 is 6.52. The van der Waals surface area contributed by atoms with Crippen LogP contribution in [0.5, 0.6) is 5.88 Å². The molecule has 1 aromatic heterocycles. The van der Waals surface area contributed by atoms with E-state index in [4.69, 9.17) is 9.72 Å². The van der Waals surface area contributed by atoms with Crippen LogP contribution in [-0.2, 0) is 19.5 Å². The fraction of sp³-hybridized carbons (Fsp3) is 0.222. The second kappa shape index (κ2) is 8.29. The molecule has 1 aliphatic heterocycles. The van der Waals surface area contributed by atoms with Gasteiger partial charge in [0.15, 0.2) is 0 Å². The van der Waals surface area contributed by atoms with Crippen molar-refractivity contribution in [3.05, 3.63) is 107 Å². The quantitative estimate of drug-likeness (QED) is 0.429. The molecule has 2 heterocycles. The SMILES string of the molecule is CCc1ccc2nc3c(cc2c1)CN(Cc1ccccc1)CC(c1ccccc1)O3. The van der Waals surface area contributed by atoms with Gasteiger partial charge in [0.25, 0.3) is 0 Å². The average molecular weight is 395 g/mol. The summed E-state index contributed by atoms with van der Waals surface area (Å²) in [4.78, 5) is 7.39. The first-order valence-corrected chi connectivity index (χ1v) is 10.7. The molecule has 0 N–H and O–H groups in total. The summed E-state index contributed by atoms with van der Waals surface area (Å²) >= 11 is 0. The van der Waals surface area contributed by atoms with Gasteiger partial charge >= 0.3 is 0 Å². The van der Waals surface area contributed by atoms with Crippen molar-refractivity contribution in [3.63, 3.8) is 0 Å². The minimum absolute atomic E-state index is 0.0453. The number of hydrogen-bond acceptors (Lipinski definition) is 3. The minimum Gasteiger partial charge on any atom is -0.468 e. The van der Waals surface area contributed by atoms with Crippen LogP contribution in [0, 0.1) is 0 Å². The molecule has 1 unspecified atom stereocenters. The topological polar surface area (TPSA) is 25.4 Å².